The first kappa shape index (κ1) is 12.1. The summed E-state index contributed by atoms with van der Waals surface area (Å²) in [6, 6.07) is 5.51. The molecule has 15 heavy (non-hydrogen) atoms. The van der Waals surface area contributed by atoms with Crippen LogP contribution in [0.4, 0.5) is 4.39 Å². The van der Waals surface area contributed by atoms with E-state index in [-0.39, 0.29) is 11.7 Å². The number of benzene rings is 1. The summed E-state index contributed by atoms with van der Waals surface area (Å²) in [5, 5.41) is 9.89. The van der Waals surface area contributed by atoms with E-state index >= 15 is 0 Å². The largest absolute Gasteiger partial charge is 0.391 e. The molecule has 1 aromatic carbocycles. The average Bonchev–Trinajstić information content (AvgIpc) is 2.27. The highest BCUT2D eigenvalue weighted by Gasteiger charge is 2.21. The lowest BCUT2D eigenvalue weighted by atomic mass is 9.92. The molecule has 3 N–H and O–H groups in total. The lowest BCUT2D eigenvalue weighted by Crippen LogP contribution is -2.31. The van der Waals surface area contributed by atoms with E-state index in [0.29, 0.717) is 0 Å². The predicted octanol–water partition coefficient (Wildman–Crippen LogP) is 2.23. The Labute approximate surface area is 89.9 Å². The van der Waals surface area contributed by atoms with Crippen LogP contribution >= 0.6 is 0 Å². The van der Waals surface area contributed by atoms with Crippen LogP contribution < -0.4 is 5.73 Å². The molecule has 0 bridgehead atoms. The molecule has 0 saturated heterocycles. The summed E-state index contributed by atoms with van der Waals surface area (Å²) in [5.74, 6) is -0.144. The van der Waals surface area contributed by atoms with Crippen LogP contribution in [0.15, 0.2) is 24.3 Å². The molecule has 0 spiro atoms. The van der Waals surface area contributed by atoms with Gasteiger partial charge in [0.15, 0.2) is 0 Å². The van der Waals surface area contributed by atoms with E-state index < -0.39 is 12.1 Å². The smallest absolute Gasteiger partial charge is 0.123 e. The monoisotopic (exact) mass is 211 g/mol. The van der Waals surface area contributed by atoms with Crippen molar-refractivity contribution in [2.24, 2.45) is 11.7 Å². The lowest BCUT2D eigenvalue weighted by Gasteiger charge is -2.24. The first-order chi connectivity index (χ1) is 7.06. The summed E-state index contributed by atoms with van der Waals surface area (Å²) < 4.78 is 12.7. The Balaban J connectivity index is 2.75. The van der Waals surface area contributed by atoms with Gasteiger partial charge in [0, 0.05) is 0 Å². The van der Waals surface area contributed by atoms with E-state index in [9.17, 15) is 9.50 Å². The predicted molar refractivity (Wildman–Crippen MR) is 58.8 cm³/mol. The minimum Gasteiger partial charge on any atom is -0.391 e. The van der Waals surface area contributed by atoms with E-state index in [1.165, 1.54) is 12.1 Å². The third-order valence-electron chi connectivity index (χ3n) is 2.85. The van der Waals surface area contributed by atoms with Gasteiger partial charge < -0.3 is 10.8 Å². The van der Waals surface area contributed by atoms with E-state index in [0.717, 1.165) is 12.0 Å². The van der Waals surface area contributed by atoms with Gasteiger partial charge in [0.25, 0.3) is 0 Å². The SMILES string of the molecule is CCC(C)[C@@H](O)[C@@H](N)c1ccc(F)cc1. The zero-order chi connectivity index (χ0) is 11.4. The molecule has 0 heterocycles. The molecule has 1 unspecified atom stereocenters. The van der Waals surface area contributed by atoms with Gasteiger partial charge in [-0.2, -0.15) is 0 Å². The second-order valence-corrected chi connectivity index (χ2v) is 3.95. The standard InChI is InChI=1S/C12H18FNO/c1-3-8(2)12(15)11(14)9-4-6-10(13)7-5-9/h4-8,11-12,15H,3,14H2,1-2H3/t8?,11-,12+/m0/s1. The Bertz CT molecular complexity index is 299. The van der Waals surface area contributed by atoms with Gasteiger partial charge in [0.1, 0.15) is 5.82 Å². The fourth-order valence-electron chi connectivity index (χ4n) is 1.48. The van der Waals surface area contributed by atoms with Gasteiger partial charge in [0.2, 0.25) is 0 Å². The molecule has 0 aliphatic rings. The molecule has 0 aliphatic carbocycles. The van der Waals surface area contributed by atoms with Crippen molar-refractivity contribution in [1.82, 2.24) is 0 Å². The highest BCUT2D eigenvalue weighted by Crippen LogP contribution is 2.21. The highest BCUT2D eigenvalue weighted by atomic mass is 19.1. The molecule has 0 aliphatic heterocycles. The summed E-state index contributed by atoms with van der Waals surface area (Å²) in [6.07, 6.45) is 0.288. The Kier molecular flexibility index (Phi) is 4.24. The number of aliphatic hydroxyl groups excluding tert-OH is 1. The minimum absolute atomic E-state index is 0.144. The molecule has 0 fully saturated rings. The van der Waals surface area contributed by atoms with Crippen LogP contribution in [-0.2, 0) is 0 Å². The Morgan fingerprint density at radius 1 is 1.33 bits per heavy atom. The van der Waals surface area contributed by atoms with Crippen LogP contribution in [-0.4, -0.2) is 11.2 Å². The fraction of sp³-hybridized carbons (Fsp3) is 0.500. The highest BCUT2D eigenvalue weighted by molar-refractivity contribution is 5.20. The van der Waals surface area contributed by atoms with Gasteiger partial charge in [-0.3, -0.25) is 0 Å². The Hall–Kier alpha value is -0.930. The van der Waals surface area contributed by atoms with E-state index in [2.05, 4.69) is 0 Å². The molecule has 0 amide bonds. The maximum Gasteiger partial charge on any atom is 0.123 e. The van der Waals surface area contributed by atoms with Crippen LogP contribution in [0.25, 0.3) is 0 Å². The van der Waals surface area contributed by atoms with Crippen molar-refractivity contribution in [2.75, 3.05) is 0 Å². The zero-order valence-electron chi connectivity index (χ0n) is 9.15. The van der Waals surface area contributed by atoms with Gasteiger partial charge >= 0.3 is 0 Å². The van der Waals surface area contributed by atoms with Crippen molar-refractivity contribution in [3.05, 3.63) is 35.6 Å². The van der Waals surface area contributed by atoms with Gasteiger partial charge in [-0.05, 0) is 23.6 Å². The number of halogens is 1. The van der Waals surface area contributed by atoms with Crippen LogP contribution in [0.5, 0.6) is 0 Å². The normalized spacial score (nSPS) is 17.1. The molecule has 0 aromatic heterocycles. The second-order valence-electron chi connectivity index (χ2n) is 3.95. The molecule has 3 heteroatoms. The van der Waals surface area contributed by atoms with Crippen LogP contribution in [0.1, 0.15) is 31.9 Å². The van der Waals surface area contributed by atoms with Crippen molar-refractivity contribution < 1.29 is 9.50 Å². The lowest BCUT2D eigenvalue weighted by molar-refractivity contribution is 0.0879. The Morgan fingerprint density at radius 3 is 2.33 bits per heavy atom. The van der Waals surface area contributed by atoms with Gasteiger partial charge in [-0.1, -0.05) is 32.4 Å². The van der Waals surface area contributed by atoms with E-state index in [1.54, 1.807) is 12.1 Å². The zero-order valence-corrected chi connectivity index (χ0v) is 9.15. The first-order valence-electron chi connectivity index (χ1n) is 5.25. The number of nitrogens with two attached hydrogens (primary N) is 1. The number of hydrogen-bond acceptors (Lipinski definition) is 2. The van der Waals surface area contributed by atoms with Crippen molar-refractivity contribution in [3.63, 3.8) is 0 Å². The average molecular weight is 211 g/mol. The topological polar surface area (TPSA) is 46.2 Å². The molecular formula is C12H18FNO. The van der Waals surface area contributed by atoms with E-state index in [4.69, 9.17) is 5.73 Å². The van der Waals surface area contributed by atoms with Crippen LogP contribution in [0.3, 0.4) is 0 Å². The van der Waals surface area contributed by atoms with Gasteiger partial charge in [0.05, 0.1) is 12.1 Å². The fourth-order valence-corrected chi connectivity index (χ4v) is 1.48. The van der Waals surface area contributed by atoms with Gasteiger partial charge in [-0.15, -0.1) is 0 Å². The number of aliphatic hydroxyl groups is 1. The third-order valence-corrected chi connectivity index (χ3v) is 2.85. The molecule has 3 atom stereocenters. The summed E-state index contributed by atoms with van der Waals surface area (Å²) >= 11 is 0. The molecule has 0 radical (unpaired) electrons. The van der Waals surface area contributed by atoms with Crippen molar-refractivity contribution >= 4 is 0 Å². The third kappa shape index (κ3) is 3.01. The maximum absolute atomic E-state index is 12.7. The first-order valence-corrected chi connectivity index (χ1v) is 5.25. The summed E-state index contributed by atoms with van der Waals surface area (Å²) in [7, 11) is 0. The van der Waals surface area contributed by atoms with Gasteiger partial charge in [-0.25, -0.2) is 4.39 Å². The van der Waals surface area contributed by atoms with Crippen LogP contribution in [0, 0.1) is 11.7 Å². The van der Waals surface area contributed by atoms with Crippen molar-refractivity contribution in [1.29, 1.82) is 0 Å². The summed E-state index contributed by atoms with van der Waals surface area (Å²) in [4.78, 5) is 0. The minimum atomic E-state index is -0.583. The quantitative estimate of drug-likeness (QED) is 0.802. The number of hydrogen-bond donors (Lipinski definition) is 2. The molecule has 1 aromatic rings. The van der Waals surface area contributed by atoms with Crippen molar-refractivity contribution in [2.45, 2.75) is 32.4 Å². The molecule has 0 saturated carbocycles. The summed E-state index contributed by atoms with van der Waals surface area (Å²) in [6.45, 7) is 3.96. The summed E-state index contributed by atoms with van der Waals surface area (Å²) in [5.41, 5.74) is 6.66. The number of rotatable bonds is 4. The maximum atomic E-state index is 12.7. The van der Waals surface area contributed by atoms with Crippen LogP contribution in [0.2, 0.25) is 0 Å². The molecule has 84 valence electrons. The van der Waals surface area contributed by atoms with Crippen molar-refractivity contribution in [3.8, 4) is 0 Å². The molecule has 2 nitrogen and oxygen atoms in total. The molecular weight excluding hydrogens is 193 g/mol. The Morgan fingerprint density at radius 2 is 1.87 bits per heavy atom. The molecule has 1 rings (SSSR count). The second kappa shape index (κ2) is 5.24. The van der Waals surface area contributed by atoms with E-state index in [1.807, 2.05) is 13.8 Å².